The van der Waals surface area contributed by atoms with Gasteiger partial charge in [0.2, 0.25) is 0 Å². The highest BCUT2D eigenvalue weighted by Gasteiger charge is 2.05. The minimum atomic E-state index is -0.612. The van der Waals surface area contributed by atoms with E-state index < -0.39 is 6.10 Å². The first-order chi connectivity index (χ1) is 4.70. The van der Waals surface area contributed by atoms with E-state index in [1.165, 1.54) is 0 Å². The van der Waals surface area contributed by atoms with E-state index >= 15 is 0 Å². The summed E-state index contributed by atoms with van der Waals surface area (Å²) in [6.07, 6.45) is 0.544. The van der Waals surface area contributed by atoms with Gasteiger partial charge in [-0.25, -0.2) is 0 Å². The summed E-state index contributed by atoms with van der Waals surface area (Å²) in [5, 5.41) is 8.22. The van der Waals surface area contributed by atoms with Gasteiger partial charge in [-0.1, -0.05) is 6.92 Å². The molecule has 0 heterocycles. The van der Waals surface area contributed by atoms with E-state index in [1.54, 1.807) is 6.92 Å². The predicted octanol–water partition coefficient (Wildman–Crippen LogP) is 1.24. The molecule has 0 saturated heterocycles. The number of hydrogen-bond acceptors (Lipinski definition) is 3. The van der Waals surface area contributed by atoms with E-state index in [0.29, 0.717) is 6.42 Å². The van der Waals surface area contributed by atoms with E-state index in [4.69, 9.17) is 5.26 Å². The molecule has 0 amide bonds. The minimum absolute atomic E-state index is 0.295. The summed E-state index contributed by atoms with van der Waals surface area (Å²) in [4.78, 5) is 10.6. The van der Waals surface area contributed by atoms with Gasteiger partial charge in [0.25, 0.3) is 0 Å². The van der Waals surface area contributed by atoms with Gasteiger partial charge >= 0.3 is 5.97 Å². The van der Waals surface area contributed by atoms with Crippen LogP contribution in [0.2, 0.25) is 0 Å². The largest absolute Gasteiger partial charge is 0.447 e. The maximum atomic E-state index is 10.6. The second-order valence-electron chi connectivity index (χ2n) is 2.01. The van der Waals surface area contributed by atoms with Crippen LogP contribution in [0.1, 0.15) is 26.7 Å². The molecule has 3 nitrogen and oxygen atoms in total. The lowest BCUT2D eigenvalue weighted by Crippen LogP contribution is -2.11. The second-order valence-corrected chi connectivity index (χ2v) is 2.01. The quantitative estimate of drug-likeness (QED) is 0.555. The molecule has 0 fully saturated rings. The van der Waals surface area contributed by atoms with Crippen molar-refractivity contribution in [3.05, 3.63) is 0 Å². The van der Waals surface area contributed by atoms with Gasteiger partial charge in [-0.05, 0) is 13.3 Å². The van der Waals surface area contributed by atoms with Crippen molar-refractivity contribution in [1.29, 1.82) is 5.26 Å². The average molecular weight is 141 g/mol. The van der Waals surface area contributed by atoms with Crippen LogP contribution < -0.4 is 0 Å². The van der Waals surface area contributed by atoms with Crippen LogP contribution in [0.4, 0.5) is 0 Å². The minimum Gasteiger partial charge on any atom is -0.447 e. The highest BCUT2D eigenvalue weighted by molar-refractivity contribution is 5.69. The molecule has 1 unspecified atom stereocenters. The molecule has 0 aliphatic rings. The van der Waals surface area contributed by atoms with Crippen molar-refractivity contribution in [3.63, 3.8) is 0 Å². The van der Waals surface area contributed by atoms with Crippen LogP contribution in [0.25, 0.3) is 0 Å². The first kappa shape index (κ1) is 8.96. The maximum absolute atomic E-state index is 10.6. The van der Waals surface area contributed by atoms with Crippen molar-refractivity contribution in [1.82, 2.24) is 0 Å². The van der Waals surface area contributed by atoms with Gasteiger partial charge in [0.1, 0.15) is 6.07 Å². The Bertz CT molecular complexity index is 148. The molecule has 0 aliphatic heterocycles. The number of hydrogen-bond donors (Lipinski definition) is 0. The molecule has 0 rings (SSSR count). The Labute approximate surface area is 60.6 Å². The Morgan fingerprint density at radius 1 is 1.80 bits per heavy atom. The van der Waals surface area contributed by atoms with E-state index in [1.807, 2.05) is 13.0 Å². The Kier molecular flexibility index (Phi) is 4.30. The molecule has 0 radical (unpaired) electrons. The van der Waals surface area contributed by atoms with E-state index in [9.17, 15) is 4.79 Å². The highest BCUT2D eigenvalue weighted by atomic mass is 16.5. The predicted molar refractivity (Wildman–Crippen MR) is 36.1 cm³/mol. The van der Waals surface area contributed by atoms with Crippen molar-refractivity contribution in [2.75, 3.05) is 0 Å². The summed E-state index contributed by atoms with van der Waals surface area (Å²) in [5.41, 5.74) is 0. The molecule has 0 aliphatic carbocycles. The van der Waals surface area contributed by atoms with Gasteiger partial charge in [-0.3, -0.25) is 4.79 Å². The van der Waals surface area contributed by atoms with Crippen LogP contribution >= 0.6 is 0 Å². The Morgan fingerprint density at radius 3 is 2.80 bits per heavy atom. The van der Waals surface area contributed by atoms with Crippen molar-refractivity contribution >= 4 is 5.97 Å². The smallest absolute Gasteiger partial charge is 0.307 e. The molecule has 10 heavy (non-hydrogen) atoms. The van der Waals surface area contributed by atoms with Gasteiger partial charge in [-0.15, -0.1) is 0 Å². The summed E-state index contributed by atoms with van der Waals surface area (Å²) < 4.78 is 4.64. The summed E-state index contributed by atoms with van der Waals surface area (Å²) in [5.74, 6) is -0.295. The summed E-state index contributed by atoms with van der Waals surface area (Å²) in [6, 6.07) is 1.81. The molecule has 0 aromatic rings. The molecule has 0 N–H and O–H groups in total. The van der Waals surface area contributed by atoms with Crippen LogP contribution in [0, 0.1) is 11.3 Å². The molecule has 3 heteroatoms. The number of carbonyl (C=O) groups excluding carboxylic acids is 1. The van der Waals surface area contributed by atoms with Crippen LogP contribution in [0.15, 0.2) is 0 Å². The van der Waals surface area contributed by atoms with Gasteiger partial charge in [-0.2, -0.15) is 5.26 Å². The lowest BCUT2D eigenvalue weighted by atomic mass is 10.3. The zero-order valence-electron chi connectivity index (χ0n) is 6.26. The van der Waals surface area contributed by atoms with E-state index in [0.717, 1.165) is 6.42 Å². The molecule has 0 saturated carbocycles. The third kappa shape index (κ3) is 3.90. The van der Waals surface area contributed by atoms with Crippen LogP contribution in [-0.2, 0) is 9.53 Å². The van der Waals surface area contributed by atoms with Crippen LogP contribution in [-0.4, -0.2) is 12.1 Å². The molecule has 0 spiro atoms. The molecule has 0 aromatic carbocycles. The fourth-order valence-corrected chi connectivity index (χ4v) is 0.487. The first-order valence-corrected chi connectivity index (χ1v) is 3.29. The number of esters is 1. The number of nitriles is 1. The average Bonchev–Trinajstić information content (AvgIpc) is 1.88. The Hall–Kier alpha value is -1.04. The highest BCUT2D eigenvalue weighted by Crippen LogP contribution is 1.95. The summed E-state index contributed by atoms with van der Waals surface area (Å²) in [7, 11) is 0. The Morgan fingerprint density at radius 2 is 2.40 bits per heavy atom. The summed E-state index contributed by atoms with van der Waals surface area (Å²) in [6.45, 7) is 3.44. The van der Waals surface area contributed by atoms with Crippen molar-refractivity contribution < 1.29 is 9.53 Å². The van der Waals surface area contributed by atoms with Gasteiger partial charge in [0.05, 0.1) is 0 Å². The normalized spacial score (nSPS) is 11.7. The number of nitrogens with zero attached hydrogens (tertiary/aromatic N) is 1. The lowest BCUT2D eigenvalue weighted by molar-refractivity contribution is -0.145. The van der Waals surface area contributed by atoms with E-state index in [-0.39, 0.29) is 5.97 Å². The number of rotatable bonds is 3. The standard InChI is InChI=1S/C7H11NO2/c1-3-4-7(9)10-6(2)5-8/h6H,3-4H2,1-2H3. The third-order valence-electron chi connectivity index (χ3n) is 0.944. The zero-order chi connectivity index (χ0) is 7.98. The number of ether oxygens (including phenoxy) is 1. The SMILES string of the molecule is CCCC(=O)OC(C)C#N. The lowest BCUT2D eigenvalue weighted by Gasteiger charge is -2.03. The summed E-state index contributed by atoms with van der Waals surface area (Å²) >= 11 is 0. The van der Waals surface area contributed by atoms with E-state index in [2.05, 4.69) is 4.74 Å². The van der Waals surface area contributed by atoms with Crippen molar-refractivity contribution in [2.24, 2.45) is 0 Å². The molecule has 56 valence electrons. The topological polar surface area (TPSA) is 50.1 Å². The molecule has 1 atom stereocenters. The van der Waals surface area contributed by atoms with Gasteiger partial charge < -0.3 is 4.74 Å². The second kappa shape index (κ2) is 4.80. The zero-order valence-corrected chi connectivity index (χ0v) is 6.26. The molecule has 0 aromatic heterocycles. The van der Waals surface area contributed by atoms with Crippen molar-refractivity contribution in [2.45, 2.75) is 32.8 Å². The fourth-order valence-electron chi connectivity index (χ4n) is 0.487. The number of carbonyl (C=O) groups is 1. The monoisotopic (exact) mass is 141 g/mol. The van der Waals surface area contributed by atoms with Gasteiger partial charge in [0, 0.05) is 6.42 Å². The maximum Gasteiger partial charge on any atom is 0.307 e. The fraction of sp³-hybridized carbons (Fsp3) is 0.714. The van der Waals surface area contributed by atoms with Crippen LogP contribution in [0.3, 0.4) is 0 Å². The Balaban J connectivity index is 3.49. The van der Waals surface area contributed by atoms with Crippen molar-refractivity contribution in [3.8, 4) is 6.07 Å². The van der Waals surface area contributed by atoms with Crippen LogP contribution in [0.5, 0.6) is 0 Å². The van der Waals surface area contributed by atoms with Gasteiger partial charge in [0.15, 0.2) is 6.10 Å². The third-order valence-corrected chi connectivity index (χ3v) is 0.944. The molecular formula is C7H11NO2. The first-order valence-electron chi connectivity index (χ1n) is 3.29. The molecule has 0 bridgehead atoms. The molecular weight excluding hydrogens is 130 g/mol.